The van der Waals surface area contributed by atoms with Crippen molar-refractivity contribution in [2.45, 2.75) is 0 Å². The zero-order chi connectivity index (χ0) is 21.5. The first kappa shape index (κ1) is 18.7. The maximum atomic E-state index is 13.0. The molecule has 8 nitrogen and oxygen atoms in total. The van der Waals surface area contributed by atoms with E-state index in [-0.39, 0.29) is 23.5 Å². The average molecular weight is 416 g/mol. The first-order valence-electron chi connectivity index (χ1n) is 9.43. The number of carbonyl (C=O) groups excluding carboxylic acids is 3. The van der Waals surface area contributed by atoms with Crippen LogP contribution in [-0.2, 0) is 0 Å². The van der Waals surface area contributed by atoms with Crippen molar-refractivity contribution in [3.63, 3.8) is 0 Å². The zero-order valence-corrected chi connectivity index (χ0v) is 16.4. The lowest BCUT2D eigenvalue weighted by Crippen LogP contribution is -2.29. The molecule has 2 aliphatic rings. The fourth-order valence-electron chi connectivity index (χ4n) is 3.59. The molecule has 0 aliphatic carbocycles. The van der Waals surface area contributed by atoms with E-state index in [0.717, 1.165) is 4.90 Å². The number of carbonyl (C=O) groups is 3. The van der Waals surface area contributed by atoms with Crippen LogP contribution >= 0.6 is 0 Å². The van der Waals surface area contributed by atoms with Gasteiger partial charge in [0.05, 0.1) is 23.9 Å². The highest BCUT2D eigenvalue weighted by atomic mass is 16.7. The molecule has 2 heterocycles. The quantitative estimate of drug-likeness (QED) is 0.655. The molecule has 0 radical (unpaired) electrons. The minimum absolute atomic E-state index is 0.135. The number of nitrogens with one attached hydrogen (secondary N) is 1. The van der Waals surface area contributed by atoms with Gasteiger partial charge in [0, 0.05) is 17.3 Å². The third-order valence-corrected chi connectivity index (χ3v) is 5.11. The van der Waals surface area contributed by atoms with Crippen LogP contribution in [0, 0.1) is 0 Å². The summed E-state index contributed by atoms with van der Waals surface area (Å²) in [6.07, 6.45) is 0. The number of rotatable bonds is 4. The number of amides is 3. The Hall–Kier alpha value is -4.33. The van der Waals surface area contributed by atoms with Crippen molar-refractivity contribution in [3.8, 4) is 17.2 Å². The number of ether oxygens (including phenoxy) is 3. The topological polar surface area (TPSA) is 94.2 Å². The van der Waals surface area contributed by atoms with E-state index in [1.165, 1.54) is 25.3 Å². The Kier molecular flexibility index (Phi) is 4.32. The molecule has 3 aromatic carbocycles. The molecule has 0 bridgehead atoms. The molecule has 5 rings (SSSR count). The Balaban J connectivity index is 1.43. The predicted molar refractivity (Wildman–Crippen MR) is 111 cm³/mol. The van der Waals surface area contributed by atoms with Gasteiger partial charge in [-0.25, -0.2) is 4.90 Å². The first-order chi connectivity index (χ1) is 15.1. The first-order valence-corrected chi connectivity index (χ1v) is 9.43. The van der Waals surface area contributed by atoms with Crippen molar-refractivity contribution in [2.75, 3.05) is 24.1 Å². The lowest BCUT2D eigenvalue weighted by Gasteiger charge is -2.16. The molecule has 0 aromatic heterocycles. The van der Waals surface area contributed by atoms with Crippen LogP contribution in [0.15, 0.2) is 60.7 Å². The van der Waals surface area contributed by atoms with Crippen LogP contribution in [-0.4, -0.2) is 31.6 Å². The molecule has 1 N–H and O–H groups in total. The molecule has 3 amide bonds. The Morgan fingerprint density at radius 1 is 0.935 bits per heavy atom. The summed E-state index contributed by atoms with van der Waals surface area (Å²) in [5.41, 5.74) is 1.51. The number of fused-ring (bicyclic) bond motifs is 2. The molecular weight excluding hydrogens is 400 g/mol. The van der Waals surface area contributed by atoms with Gasteiger partial charge < -0.3 is 19.5 Å². The molecule has 0 unspecified atom stereocenters. The largest absolute Gasteiger partial charge is 0.495 e. The minimum Gasteiger partial charge on any atom is -0.495 e. The normalized spacial score (nSPS) is 13.9. The second kappa shape index (κ2) is 7.17. The number of anilines is 2. The average Bonchev–Trinajstić information content (AvgIpc) is 3.35. The summed E-state index contributed by atoms with van der Waals surface area (Å²) in [5, 5.41) is 2.76. The molecule has 3 aromatic rings. The van der Waals surface area contributed by atoms with Gasteiger partial charge in [-0.15, -0.1) is 0 Å². The highest BCUT2D eigenvalue weighted by Crippen LogP contribution is 2.36. The molecule has 0 saturated heterocycles. The van der Waals surface area contributed by atoms with Gasteiger partial charge in [0.25, 0.3) is 17.7 Å². The zero-order valence-electron chi connectivity index (χ0n) is 16.4. The van der Waals surface area contributed by atoms with Crippen LogP contribution in [0.4, 0.5) is 11.4 Å². The summed E-state index contributed by atoms with van der Waals surface area (Å²) >= 11 is 0. The van der Waals surface area contributed by atoms with Gasteiger partial charge in [0.15, 0.2) is 11.5 Å². The van der Waals surface area contributed by atoms with E-state index in [4.69, 9.17) is 14.2 Å². The molecular formula is C23H16N2O6. The molecule has 154 valence electrons. The fourth-order valence-corrected chi connectivity index (χ4v) is 3.59. The van der Waals surface area contributed by atoms with Crippen molar-refractivity contribution >= 4 is 29.1 Å². The molecule has 0 saturated carbocycles. The maximum Gasteiger partial charge on any atom is 0.266 e. The van der Waals surface area contributed by atoms with Gasteiger partial charge in [-0.3, -0.25) is 14.4 Å². The minimum atomic E-state index is -0.512. The Morgan fingerprint density at radius 3 is 2.55 bits per heavy atom. The predicted octanol–water partition coefficient (Wildman–Crippen LogP) is 3.48. The van der Waals surface area contributed by atoms with Crippen LogP contribution in [0.3, 0.4) is 0 Å². The third kappa shape index (κ3) is 3.05. The Labute approximate surface area is 176 Å². The van der Waals surface area contributed by atoms with Crippen LogP contribution in [0.25, 0.3) is 0 Å². The van der Waals surface area contributed by atoms with Crippen molar-refractivity contribution in [3.05, 3.63) is 77.4 Å². The van der Waals surface area contributed by atoms with Crippen LogP contribution in [0.1, 0.15) is 31.1 Å². The van der Waals surface area contributed by atoms with E-state index in [0.29, 0.717) is 28.6 Å². The van der Waals surface area contributed by atoms with Crippen molar-refractivity contribution in [1.29, 1.82) is 0 Å². The highest BCUT2D eigenvalue weighted by molar-refractivity contribution is 6.35. The van der Waals surface area contributed by atoms with Crippen LogP contribution < -0.4 is 24.4 Å². The second-order valence-electron chi connectivity index (χ2n) is 6.90. The standard InChI is InChI=1S/C23H16N2O6/c1-29-18-5-3-2-4-17(18)25-22(27)15-8-6-13(10-16(15)23(25)28)21(26)24-14-7-9-19-20(11-14)31-12-30-19/h2-11H,12H2,1H3,(H,24,26). The van der Waals surface area contributed by atoms with E-state index in [2.05, 4.69) is 5.32 Å². The number of methoxy groups -OCH3 is 1. The highest BCUT2D eigenvalue weighted by Gasteiger charge is 2.38. The summed E-state index contributed by atoms with van der Waals surface area (Å²) in [6, 6.07) is 16.2. The summed E-state index contributed by atoms with van der Waals surface area (Å²) in [5.74, 6) is 0.154. The number of para-hydroxylation sites is 2. The maximum absolute atomic E-state index is 13.0. The van der Waals surface area contributed by atoms with E-state index in [1.54, 1.807) is 42.5 Å². The van der Waals surface area contributed by atoms with Gasteiger partial charge in [0.2, 0.25) is 6.79 Å². The van der Waals surface area contributed by atoms with E-state index in [9.17, 15) is 14.4 Å². The lowest BCUT2D eigenvalue weighted by atomic mass is 10.1. The number of nitrogens with zero attached hydrogens (tertiary/aromatic N) is 1. The SMILES string of the molecule is COc1ccccc1N1C(=O)c2ccc(C(=O)Nc3ccc4c(c3)OCO4)cc2C1=O. The Morgan fingerprint density at radius 2 is 1.71 bits per heavy atom. The van der Waals surface area contributed by atoms with Gasteiger partial charge >= 0.3 is 0 Å². The second-order valence-corrected chi connectivity index (χ2v) is 6.90. The molecule has 8 heteroatoms. The molecule has 0 fully saturated rings. The molecule has 31 heavy (non-hydrogen) atoms. The number of hydrogen-bond donors (Lipinski definition) is 1. The molecule has 2 aliphatic heterocycles. The van der Waals surface area contributed by atoms with Crippen molar-refractivity contribution in [2.24, 2.45) is 0 Å². The van der Waals surface area contributed by atoms with E-state index in [1.807, 2.05) is 0 Å². The van der Waals surface area contributed by atoms with Crippen molar-refractivity contribution in [1.82, 2.24) is 0 Å². The third-order valence-electron chi connectivity index (χ3n) is 5.11. The fraction of sp³-hybridized carbons (Fsp3) is 0.0870. The lowest BCUT2D eigenvalue weighted by molar-refractivity contribution is 0.0924. The monoisotopic (exact) mass is 416 g/mol. The Bertz CT molecular complexity index is 1250. The summed E-state index contributed by atoms with van der Waals surface area (Å²) in [6.45, 7) is 0.135. The number of benzene rings is 3. The van der Waals surface area contributed by atoms with E-state index >= 15 is 0 Å². The number of hydrogen-bond acceptors (Lipinski definition) is 6. The van der Waals surface area contributed by atoms with Gasteiger partial charge in [-0.1, -0.05) is 12.1 Å². The van der Waals surface area contributed by atoms with Crippen LogP contribution in [0.5, 0.6) is 17.2 Å². The molecule has 0 atom stereocenters. The molecule has 0 spiro atoms. The van der Waals surface area contributed by atoms with E-state index < -0.39 is 17.7 Å². The summed E-state index contributed by atoms with van der Waals surface area (Å²) < 4.78 is 15.9. The smallest absolute Gasteiger partial charge is 0.266 e. The van der Waals surface area contributed by atoms with Crippen LogP contribution in [0.2, 0.25) is 0 Å². The number of imide groups is 1. The van der Waals surface area contributed by atoms with Gasteiger partial charge in [0.1, 0.15) is 5.75 Å². The van der Waals surface area contributed by atoms with Crippen molar-refractivity contribution < 1.29 is 28.6 Å². The summed E-state index contributed by atoms with van der Waals surface area (Å²) in [4.78, 5) is 39.7. The van der Waals surface area contributed by atoms with Gasteiger partial charge in [-0.2, -0.15) is 0 Å². The summed E-state index contributed by atoms with van der Waals surface area (Å²) in [7, 11) is 1.47. The van der Waals surface area contributed by atoms with Gasteiger partial charge in [-0.05, 0) is 42.5 Å².